The fourth-order valence-electron chi connectivity index (χ4n) is 1.25. The molecule has 7 nitrogen and oxygen atoms in total. The van der Waals surface area contributed by atoms with Crippen LogP contribution in [0.4, 0.5) is 20.0 Å². The monoisotopic (exact) mass is 282 g/mol. The molecule has 2 rings (SSSR count). The first-order valence-electron chi connectivity index (χ1n) is 4.93. The van der Waals surface area contributed by atoms with E-state index in [2.05, 4.69) is 20.8 Å². The summed E-state index contributed by atoms with van der Waals surface area (Å²) in [4.78, 5) is 22.3. The summed E-state index contributed by atoms with van der Waals surface area (Å²) in [5.41, 5.74) is 1.07. The van der Waals surface area contributed by atoms with Crippen LogP contribution in [0.25, 0.3) is 0 Å². The third kappa shape index (κ3) is 3.22. The van der Waals surface area contributed by atoms with E-state index in [1.807, 2.05) is 0 Å². The zero-order chi connectivity index (χ0) is 13.8. The van der Waals surface area contributed by atoms with Crippen LogP contribution in [0, 0.1) is 5.82 Å². The van der Waals surface area contributed by atoms with Crippen LogP contribution in [-0.2, 0) is 0 Å². The number of urea groups is 1. The Kier molecular flexibility index (Phi) is 3.66. The molecule has 0 radical (unpaired) electrons. The van der Waals surface area contributed by atoms with Crippen molar-refractivity contribution < 1.29 is 19.1 Å². The van der Waals surface area contributed by atoms with Gasteiger partial charge in [0.05, 0.1) is 5.56 Å². The summed E-state index contributed by atoms with van der Waals surface area (Å²) in [7, 11) is 0. The number of nitrogens with one attached hydrogen (secondary N) is 2. The van der Waals surface area contributed by atoms with Gasteiger partial charge in [-0.25, -0.2) is 14.0 Å². The Balaban J connectivity index is 2.09. The largest absolute Gasteiger partial charge is 0.478 e. The Hall–Kier alpha value is -2.55. The first-order chi connectivity index (χ1) is 9.06. The number of nitrogens with zero attached hydrogens (tertiary/aromatic N) is 2. The minimum Gasteiger partial charge on any atom is -0.478 e. The van der Waals surface area contributed by atoms with E-state index in [1.54, 1.807) is 0 Å². The molecule has 0 aliphatic carbocycles. The van der Waals surface area contributed by atoms with Crippen molar-refractivity contribution in [1.82, 2.24) is 10.2 Å². The van der Waals surface area contributed by atoms with Crippen molar-refractivity contribution in [3.8, 4) is 0 Å². The molecule has 0 saturated carbocycles. The van der Waals surface area contributed by atoms with Crippen LogP contribution >= 0.6 is 11.3 Å². The molecule has 1 heterocycles. The number of hydrogen-bond acceptors (Lipinski definition) is 5. The Bertz CT molecular complexity index is 617. The van der Waals surface area contributed by atoms with Gasteiger partial charge in [-0.1, -0.05) is 11.3 Å². The van der Waals surface area contributed by atoms with E-state index < -0.39 is 23.4 Å². The highest BCUT2D eigenvalue weighted by Crippen LogP contribution is 2.15. The summed E-state index contributed by atoms with van der Waals surface area (Å²) < 4.78 is 13.1. The zero-order valence-corrected chi connectivity index (χ0v) is 10.1. The number of rotatable bonds is 3. The van der Waals surface area contributed by atoms with E-state index >= 15 is 0 Å². The molecule has 98 valence electrons. The van der Waals surface area contributed by atoms with Gasteiger partial charge < -0.3 is 10.4 Å². The molecule has 2 amide bonds. The molecule has 19 heavy (non-hydrogen) atoms. The van der Waals surface area contributed by atoms with Crippen LogP contribution in [-0.4, -0.2) is 27.3 Å². The Labute approximate surface area is 110 Å². The van der Waals surface area contributed by atoms with Gasteiger partial charge in [0, 0.05) is 5.69 Å². The highest BCUT2D eigenvalue weighted by atomic mass is 32.1. The van der Waals surface area contributed by atoms with Gasteiger partial charge in [-0.3, -0.25) is 5.32 Å². The molecule has 0 fully saturated rings. The van der Waals surface area contributed by atoms with Gasteiger partial charge in [0.1, 0.15) is 11.3 Å². The molecule has 0 spiro atoms. The van der Waals surface area contributed by atoms with Crippen molar-refractivity contribution >= 4 is 34.2 Å². The van der Waals surface area contributed by atoms with Crippen LogP contribution in [0.3, 0.4) is 0 Å². The summed E-state index contributed by atoms with van der Waals surface area (Å²) in [6, 6.07) is 2.61. The number of hydrogen-bond donors (Lipinski definition) is 3. The van der Waals surface area contributed by atoms with Gasteiger partial charge in [-0.05, 0) is 18.2 Å². The lowest BCUT2D eigenvalue weighted by molar-refractivity contribution is 0.0692. The summed E-state index contributed by atoms with van der Waals surface area (Å²) >= 11 is 1.12. The van der Waals surface area contributed by atoms with Crippen molar-refractivity contribution in [2.75, 3.05) is 10.6 Å². The second kappa shape index (κ2) is 5.40. The van der Waals surface area contributed by atoms with Gasteiger partial charge in [0.25, 0.3) is 0 Å². The SMILES string of the molecule is O=C(Nc1ccc(F)c(C(=O)O)c1)Nc1nncs1. The molecule has 0 saturated heterocycles. The van der Waals surface area contributed by atoms with Crippen molar-refractivity contribution in [2.45, 2.75) is 0 Å². The number of aromatic nitrogens is 2. The number of amides is 2. The predicted octanol–water partition coefficient (Wildman–Crippen LogP) is 2.02. The van der Waals surface area contributed by atoms with Gasteiger partial charge in [0.15, 0.2) is 0 Å². The van der Waals surface area contributed by atoms with Gasteiger partial charge in [-0.2, -0.15) is 0 Å². The van der Waals surface area contributed by atoms with Gasteiger partial charge in [0.2, 0.25) is 5.13 Å². The number of benzene rings is 1. The third-order valence-corrected chi connectivity index (χ3v) is 2.64. The molecule has 2 aromatic rings. The van der Waals surface area contributed by atoms with E-state index in [9.17, 15) is 14.0 Å². The maximum atomic E-state index is 13.1. The fourth-order valence-corrected chi connectivity index (χ4v) is 1.69. The molecule has 3 N–H and O–H groups in total. The number of carbonyl (C=O) groups is 2. The Morgan fingerprint density at radius 2 is 2.11 bits per heavy atom. The first kappa shape index (κ1) is 12.9. The molecule has 0 bridgehead atoms. The van der Waals surface area contributed by atoms with E-state index in [0.29, 0.717) is 0 Å². The maximum absolute atomic E-state index is 13.1. The van der Waals surface area contributed by atoms with Crippen molar-refractivity contribution in [3.63, 3.8) is 0 Å². The highest BCUT2D eigenvalue weighted by Gasteiger charge is 2.12. The molecule has 1 aromatic heterocycles. The summed E-state index contributed by atoms with van der Waals surface area (Å²) in [5.74, 6) is -2.28. The highest BCUT2D eigenvalue weighted by molar-refractivity contribution is 7.13. The topological polar surface area (TPSA) is 104 Å². The van der Waals surface area contributed by atoms with Gasteiger partial charge >= 0.3 is 12.0 Å². The number of carbonyl (C=O) groups excluding carboxylic acids is 1. The van der Waals surface area contributed by atoms with Crippen LogP contribution in [0.1, 0.15) is 10.4 Å². The van der Waals surface area contributed by atoms with E-state index in [1.165, 1.54) is 11.6 Å². The van der Waals surface area contributed by atoms with Crippen LogP contribution in [0.5, 0.6) is 0 Å². The molecule has 0 unspecified atom stereocenters. The van der Waals surface area contributed by atoms with Gasteiger partial charge in [-0.15, -0.1) is 10.2 Å². The minimum atomic E-state index is -1.41. The average molecular weight is 282 g/mol. The summed E-state index contributed by atoms with van der Waals surface area (Å²) in [6.45, 7) is 0. The quantitative estimate of drug-likeness (QED) is 0.798. The van der Waals surface area contributed by atoms with E-state index in [0.717, 1.165) is 23.5 Å². The number of anilines is 2. The average Bonchev–Trinajstić information content (AvgIpc) is 2.84. The van der Waals surface area contributed by atoms with Crippen molar-refractivity contribution in [3.05, 3.63) is 35.1 Å². The Morgan fingerprint density at radius 1 is 1.32 bits per heavy atom. The van der Waals surface area contributed by atoms with Crippen LogP contribution in [0.15, 0.2) is 23.7 Å². The molecular formula is C10H7FN4O3S. The molecule has 0 aliphatic heterocycles. The normalized spacial score (nSPS) is 9.95. The summed E-state index contributed by atoms with van der Waals surface area (Å²) in [5, 5.41) is 20.9. The minimum absolute atomic E-state index is 0.154. The van der Waals surface area contributed by atoms with Crippen molar-refractivity contribution in [2.24, 2.45) is 0 Å². The third-order valence-electron chi connectivity index (χ3n) is 2.04. The van der Waals surface area contributed by atoms with E-state index in [-0.39, 0.29) is 10.8 Å². The molecule has 1 aromatic carbocycles. The lowest BCUT2D eigenvalue weighted by atomic mass is 10.2. The zero-order valence-electron chi connectivity index (χ0n) is 9.25. The number of carboxylic acids is 1. The number of halogens is 1. The second-order valence-corrected chi connectivity index (χ2v) is 4.16. The summed E-state index contributed by atoms with van der Waals surface area (Å²) in [6.07, 6.45) is 0. The number of carboxylic acid groups (broad SMARTS) is 1. The molecule has 0 aliphatic rings. The smallest absolute Gasteiger partial charge is 0.338 e. The second-order valence-electron chi connectivity index (χ2n) is 3.32. The molecular weight excluding hydrogens is 275 g/mol. The lowest BCUT2D eigenvalue weighted by Gasteiger charge is -2.06. The van der Waals surface area contributed by atoms with Crippen LogP contribution < -0.4 is 10.6 Å². The fraction of sp³-hybridized carbons (Fsp3) is 0. The Morgan fingerprint density at radius 3 is 2.74 bits per heavy atom. The predicted molar refractivity (Wildman–Crippen MR) is 65.9 cm³/mol. The van der Waals surface area contributed by atoms with Crippen molar-refractivity contribution in [1.29, 1.82) is 0 Å². The van der Waals surface area contributed by atoms with E-state index in [4.69, 9.17) is 5.11 Å². The number of aromatic carboxylic acids is 1. The maximum Gasteiger partial charge on any atom is 0.338 e. The molecule has 0 atom stereocenters. The van der Waals surface area contributed by atoms with Crippen LogP contribution in [0.2, 0.25) is 0 Å². The molecule has 9 heteroatoms. The standard InChI is InChI=1S/C10H7FN4O3S/c11-7-2-1-5(3-6(7)8(16)17)13-9(18)14-10-15-12-4-19-10/h1-4H,(H,16,17)(H2,13,14,15,18). The lowest BCUT2D eigenvalue weighted by Crippen LogP contribution is -2.19. The first-order valence-corrected chi connectivity index (χ1v) is 5.81.